The lowest BCUT2D eigenvalue weighted by Crippen LogP contribution is -2.40. The average Bonchev–Trinajstić information content (AvgIpc) is 2.36. The Morgan fingerprint density at radius 3 is 1.84 bits per heavy atom. The fourth-order valence-electron chi connectivity index (χ4n) is 2.14. The molecule has 0 radical (unpaired) electrons. The molecule has 0 bridgehead atoms. The molecular formula is C16H35N3. The minimum atomic E-state index is 0.0134. The first-order valence-electron chi connectivity index (χ1n) is 7.91. The summed E-state index contributed by atoms with van der Waals surface area (Å²) in [5.41, 5.74) is 0.0134. The molecule has 0 spiro atoms. The summed E-state index contributed by atoms with van der Waals surface area (Å²) in [4.78, 5) is 9.59. The summed E-state index contributed by atoms with van der Waals surface area (Å²) in [6.07, 6.45) is 4.46. The van der Waals surface area contributed by atoms with E-state index in [9.17, 15) is 0 Å². The Balaban J connectivity index is 4.63. The molecule has 0 unspecified atom stereocenters. The standard InChI is InChI=1S/C16H35N3/c1-8-15(9-2)19(14-17-16(5,6)7)13-12-18(10-3)11-4/h14-15H,8-13H2,1-7H3/b17-14-. The van der Waals surface area contributed by atoms with Gasteiger partial charge in [-0.25, -0.2) is 0 Å². The lowest BCUT2D eigenvalue weighted by atomic mass is 10.1. The van der Waals surface area contributed by atoms with E-state index in [0.29, 0.717) is 6.04 Å². The van der Waals surface area contributed by atoms with Gasteiger partial charge in [-0.3, -0.25) is 4.99 Å². The fourth-order valence-corrected chi connectivity index (χ4v) is 2.14. The molecule has 0 N–H and O–H groups in total. The molecule has 3 heteroatoms. The van der Waals surface area contributed by atoms with Crippen LogP contribution in [0, 0.1) is 0 Å². The van der Waals surface area contributed by atoms with Crippen LogP contribution in [0.1, 0.15) is 61.3 Å². The second-order valence-electron chi connectivity index (χ2n) is 6.15. The summed E-state index contributed by atoms with van der Waals surface area (Å²) >= 11 is 0. The van der Waals surface area contributed by atoms with Crippen molar-refractivity contribution in [2.75, 3.05) is 26.2 Å². The van der Waals surface area contributed by atoms with Gasteiger partial charge < -0.3 is 9.80 Å². The van der Waals surface area contributed by atoms with E-state index in [4.69, 9.17) is 0 Å². The van der Waals surface area contributed by atoms with Gasteiger partial charge in [0.25, 0.3) is 0 Å². The molecule has 0 saturated carbocycles. The number of rotatable bonds is 9. The maximum atomic E-state index is 4.69. The van der Waals surface area contributed by atoms with Crippen LogP contribution in [0.25, 0.3) is 0 Å². The van der Waals surface area contributed by atoms with Gasteiger partial charge in [0, 0.05) is 19.1 Å². The minimum absolute atomic E-state index is 0.0134. The lowest BCUT2D eigenvalue weighted by molar-refractivity contribution is 0.233. The SMILES string of the molecule is CCC(CC)N(/C=N\C(C)(C)C)CCN(CC)CC. The molecule has 0 rings (SSSR count). The Bertz CT molecular complexity index is 235. The van der Waals surface area contributed by atoms with Gasteiger partial charge in [0.2, 0.25) is 0 Å². The third-order valence-corrected chi connectivity index (χ3v) is 3.57. The molecular weight excluding hydrogens is 234 g/mol. The Morgan fingerprint density at radius 1 is 0.947 bits per heavy atom. The van der Waals surface area contributed by atoms with Gasteiger partial charge in [0.05, 0.1) is 11.9 Å². The summed E-state index contributed by atoms with van der Waals surface area (Å²) in [5, 5.41) is 0. The highest BCUT2D eigenvalue weighted by molar-refractivity contribution is 5.56. The Hall–Kier alpha value is -0.570. The highest BCUT2D eigenvalue weighted by atomic mass is 15.2. The number of nitrogens with zero attached hydrogens (tertiary/aromatic N) is 3. The van der Waals surface area contributed by atoms with Crippen LogP contribution >= 0.6 is 0 Å². The molecule has 0 atom stereocenters. The largest absolute Gasteiger partial charge is 0.359 e. The molecule has 19 heavy (non-hydrogen) atoms. The minimum Gasteiger partial charge on any atom is -0.359 e. The summed E-state index contributed by atoms with van der Waals surface area (Å²) in [7, 11) is 0. The van der Waals surface area contributed by atoms with Crippen LogP contribution in [0.5, 0.6) is 0 Å². The zero-order valence-corrected chi connectivity index (χ0v) is 14.2. The maximum absolute atomic E-state index is 4.69. The molecule has 0 amide bonds. The van der Waals surface area contributed by atoms with Crippen molar-refractivity contribution in [3.63, 3.8) is 0 Å². The van der Waals surface area contributed by atoms with Crippen LogP contribution in [0.4, 0.5) is 0 Å². The van der Waals surface area contributed by atoms with Gasteiger partial charge in [-0.1, -0.05) is 27.7 Å². The van der Waals surface area contributed by atoms with E-state index in [1.54, 1.807) is 0 Å². The second kappa shape index (κ2) is 9.35. The van der Waals surface area contributed by atoms with E-state index in [1.165, 1.54) is 12.8 Å². The molecule has 0 aromatic rings. The van der Waals surface area contributed by atoms with Crippen molar-refractivity contribution in [3.05, 3.63) is 0 Å². The van der Waals surface area contributed by atoms with E-state index in [2.05, 4.69) is 69.6 Å². The van der Waals surface area contributed by atoms with Gasteiger partial charge in [-0.05, 0) is 46.7 Å². The van der Waals surface area contributed by atoms with Gasteiger partial charge in [-0.15, -0.1) is 0 Å². The second-order valence-corrected chi connectivity index (χ2v) is 6.15. The van der Waals surface area contributed by atoms with Crippen molar-refractivity contribution >= 4 is 6.34 Å². The van der Waals surface area contributed by atoms with Crippen LogP contribution in [-0.2, 0) is 0 Å². The fraction of sp³-hybridized carbons (Fsp3) is 0.938. The van der Waals surface area contributed by atoms with Gasteiger partial charge in [-0.2, -0.15) is 0 Å². The van der Waals surface area contributed by atoms with Crippen molar-refractivity contribution in [1.82, 2.24) is 9.80 Å². The smallest absolute Gasteiger partial charge is 0.0859 e. The molecule has 0 fully saturated rings. The first-order chi connectivity index (χ1) is 8.87. The number of likely N-dealkylation sites (N-methyl/N-ethyl adjacent to an activating group) is 1. The molecule has 3 nitrogen and oxygen atoms in total. The molecule has 0 aromatic carbocycles. The maximum Gasteiger partial charge on any atom is 0.0859 e. The zero-order chi connectivity index (χ0) is 14.9. The van der Waals surface area contributed by atoms with E-state index in [0.717, 1.165) is 26.2 Å². The van der Waals surface area contributed by atoms with Crippen molar-refractivity contribution in [2.45, 2.75) is 72.9 Å². The molecule has 0 aliphatic rings. The van der Waals surface area contributed by atoms with Crippen molar-refractivity contribution in [2.24, 2.45) is 4.99 Å². The highest BCUT2D eigenvalue weighted by Crippen LogP contribution is 2.10. The Morgan fingerprint density at radius 2 is 1.47 bits per heavy atom. The highest BCUT2D eigenvalue weighted by Gasteiger charge is 2.14. The first-order valence-corrected chi connectivity index (χ1v) is 7.91. The molecule has 0 aliphatic heterocycles. The van der Waals surface area contributed by atoms with Crippen LogP contribution in [0.3, 0.4) is 0 Å². The molecule has 0 heterocycles. The zero-order valence-electron chi connectivity index (χ0n) is 14.2. The normalized spacial score (nSPS) is 12.9. The van der Waals surface area contributed by atoms with Gasteiger partial charge in [0.15, 0.2) is 0 Å². The number of hydrogen-bond acceptors (Lipinski definition) is 2. The van der Waals surface area contributed by atoms with Crippen LogP contribution in [-0.4, -0.2) is 53.9 Å². The van der Waals surface area contributed by atoms with E-state index in [1.807, 2.05) is 0 Å². The molecule has 114 valence electrons. The topological polar surface area (TPSA) is 18.8 Å². The molecule has 0 aromatic heterocycles. The summed E-state index contributed by atoms with van der Waals surface area (Å²) in [5.74, 6) is 0. The van der Waals surface area contributed by atoms with Crippen molar-refractivity contribution < 1.29 is 0 Å². The number of hydrogen-bond donors (Lipinski definition) is 0. The Labute approximate surface area is 121 Å². The summed E-state index contributed by atoms with van der Waals surface area (Å²) < 4.78 is 0. The predicted molar refractivity (Wildman–Crippen MR) is 87.1 cm³/mol. The third kappa shape index (κ3) is 8.25. The van der Waals surface area contributed by atoms with Gasteiger partial charge in [0.1, 0.15) is 0 Å². The summed E-state index contributed by atoms with van der Waals surface area (Å²) in [6.45, 7) is 19.9. The molecule has 0 aliphatic carbocycles. The monoisotopic (exact) mass is 269 g/mol. The van der Waals surface area contributed by atoms with Crippen LogP contribution < -0.4 is 0 Å². The van der Waals surface area contributed by atoms with E-state index in [-0.39, 0.29) is 5.54 Å². The van der Waals surface area contributed by atoms with E-state index >= 15 is 0 Å². The molecule has 0 saturated heterocycles. The number of aliphatic imine (C=N–C) groups is 1. The summed E-state index contributed by atoms with van der Waals surface area (Å²) in [6, 6.07) is 0.613. The van der Waals surface area contributed by atoms with Crippen molar-refractivity contribution in [3.8, 4) is 0 Å². The third-order valence-electron chi connectivity index (χ3n) is 3.57. The average molecular weight is 269 g/mol. The van der Waals surface area contributed by atoms with E-state index < -0.39 is 0 Å². The Kier molecular flexibility index (Phi) is 9.07. The quantitative estimate of drug-likeness (QED) is 0.470. The predicted octanol–water partition coefficient (Wildman–Crippen LogP) is 3.65. The van der Waals surface area contributed by atoms with Crippen LogP contribution in [0.2, 0.25) is 0 Å². The first kappa shape index (κ1) is 18.4. The van der Waals surface area contributed by atoms with Crippen LogP contribution in [0.15, 0.2) is 4.99 Å². The lowest BCUT2D eigenvalue weighted by Gasteiger charge is -2.31. The van der Waals surface area contributed by atoms with Crippen molar-refractivity contribution in [1.29, 1.82) is 0 Å². The van der Waals surface area contributed by atoms with Gasteiger partial charge >= 0.3 is 0 Å².